The molecular weight excluding hydrogens is 584 g/mol. The highest BCUT2D eigenvalue weighted by molar-refractivity contribution is 5.64. The summed E-state index contributed by atoms with van der Waals surface area (Å²) in [6, 6.07) is 18.0. The van der Waals surface area contributed by atoms with Gasteiger partial charge in [-0.05, 0) is 101 Å². The van der Waals surface area contributed by atoms with Crippen molar-refractivity contribution in [1.29, 1.82) is 0 Å². The van der Waals surface area contributed by atoms with Crippen LogP contribution in [0.1, 0.15) is 103 Å². The third-order valence-electron chi connectivity index (χ3n) is 10.3. The van der Waals surface area contributed by atoms with Gasteiger partial charge in [0.15, 0.2) is 0 Å². The van der Waals surface area contributed by atoms with Crippen molar-refractivity contribution in [2.75, 3.05) is 0 Å². The molecule has 7 rings (SSSR count). The van der Waals surface area contributed by atoms with E-state index in [9.17, 15) is 0 Å². The number of aryl methyl sites for hydroxylation is 4. The Bertz CT molecular complexity index is 1960. The predicted molar refractivity (Wildman–Crippen MR) is 183 cm³/mol. The summed E-state index contributed by atoms with van der Waals surface area (Å²) in [5.74, 6) is 1.81. The minimum absolute atomic E-state index is 0.0135. The lowest BCUT2D eigenvalue weighted by Crippen LogP contribution is -2.27. The van der Waals surface area contributed by atoms with E-state index in [0.717, 1.165) is 53.3 Å². The smallest absolute Gasteiger partial charge is 0.134 e. The Morgan fingerprint density at radius 1 is 0.702 bits per heavy atom. The monoisotopic (exact) mass is 630 g/mol. The lowest BCUT2D eigenvalue weighted by Gasteiger charge is -2.31. The molecule has 2 aliphatic carbocycles. The highest BCUT2D eigenvalue weighted by Gasteiger charge is 2.56. The van der Waals surface area contributed by atoms with Gasteiger partial charge in [0.05, 0.1) is 18.9 Å². The third kappa shape index (κ3) is 5.62. The molecule has 1 atom stereocenters. The van der Waals surface area contributed by atoms with Gasteiger partial charge in [-0.3, -0.25) is 4.68 Å². The Hall–Kier alpha value is -4.46. The number of ether oxygens (including phenoxy) is 2. The molecule has 2 aromatic heterocycles. The quantitative estimate of drug-likeness (QED) is 0.168. The third-order valence-corrected chi connectivity index (χ3v) is 10.3. The molecule has 0 N–H and O–H groups in total. The second-order valence-corrected chi connectivity index (χ2v) is 15.1. The molecule has 2 aliphatic rings. The molecule has 1 spiro atoms. The second-order valence-electron chi connectivity index (χ2n) is 15.1. The molecule has 2 heterocycles. The molecule has 3 aromatic carbocycles. The molecule has 47 heavy (non-hydrogen) atoms. The minimum atomic E-state index is -0.141. The van der Waals surface area contributed by atoms with Crippen LogP contribution < -0.4 is 9.47 Å². The molecule has 1 unspecified atom stereocenters. The summed E-state index contributed by atoms with van der Waals surface area (Å²) in [4.78, 5) is 0. The number of benzene rings is 3. The zero-order valence-electron chi connectivity index (χ0n) is 29.0. The first kappa shape index (κ1) is 31.2. The van der Waals surface area contributed by atoms with Gasteiger partial charge in [0.1, 0.15) is 36.1 Å². The first-order valence-corrected chi connectivity index (χ1v) is 16.8. The first-order valence-electron chi connectivity index (χ1n) is 16.8. The number of fused-ring (bicyclic) bond motifs is 4. The summed E-state index contributed by atoms with van der Waals surface area (Å²) in [5, 5.41) is 17.1. The maximum absolute atomic E-state index is 6.54. The van der Waals surface area contributed by atoms with E-state index < -0.39 is 0 Å². The molecule has 0 aliphatic heterocycles. The van der Waals surface area contributed by atoms with E-state index in [1.165, 1.54) is 33.4 Å². The van der Waals surface area contributed by atoms with Crippen molar-refractivity contribution in [3.63, 3.8) is 0 Å². The van der Waals surface area contributed by atoms with Crippen molar-refractivity contribution < 1.29 is 9.47 Å². The van der Waals surface area contributed by atoms with Gasteiger partial charge >= 0.3 is 0 Å². The number of hydrogen-bond acceptors (Lipinski definition) is 6. The largest absolute Gasteiger partial charge is 0.487 e. The van der Waals surface area contributed by atoms with Crippen LogP contribution in [0.15, 0.2) is 60.9 Å². The standard InChI is InChI=1S/C39H46N6O2/c1-9-27-11-10-12-28(15-27)18-45-20-30(41-43-45)22-47-36-17-34-32(14-26(36)3)38(6,7)24-39(34)23-37(4,5)31-13-25(2)35(16-33(31)39)46-21-29-19-44(8)42-40-29/h10-17,19-20H,9,18,21-24H2,1-8H3. The Labute approximate surface area is 278 Å². The Kier molecular flexibility index (Phi) is 7.53. The summed E-state index contributed by atoms with van der Waals surface area (Å²) in [6.45, 7) is 17.5. The molecule has 244 valence electrons. The Balaban J connectivity index is 1.19. The van der Waals surface area contributed by atoms with Crippen LogP contribution in [-0.4, -0.2) is 30.0 Å². The molecular formula is C39H46N6O2. The lowest BCUT2D eigenvalue weighted by molar-refractivity contribution is 0.296. The van der Waals surface area contributed by atoms with Gasteiger partial charge in [0.25, 0.3) is 0 Å². The number of nitrogens with zero attached hydrogens (tertiary/aromatic N) is 6. The van der Waals surface area contributed by atoms with Gasteiger partial charge in [-0.25, -0.2) is 4.68 Å². The van der Waals surface area contributed by atoms with Crippen LogP contribution in [0, 0.1) is 13.8 Å². The van der Waals surface area contributed by atoms with E-state index in [-0.39, 0.29) is 16.2 Å². The maximum atomic E-state index is 6.54. The van der Waals surface area contributed by atoms with E-state index in [1.807, 2.05) is 24.1 Å². The van der Waals surface area contributed by atoms with E-state index in [2.05, 4.69) is 118 Å². The van der Waals surface area contributed by atoms with Crippen molar-refractivity contribution in [3.8, 4) is 11.5 Å². The van der Waals surface area contributed by atoms with Crippen LogP contribution in [0.5, 0.6) is 11.5 Å². The van der Waals surface area contributed by atoms with Crippen molar-refractivity contribution >= 4 is 0 Å². The van der Waals surface area contributed by atoms with E-state index in [1.54, 1.807) is 4.68 Å². The topological polar surface area (TPSA) is 79.9 Å². The molecule has 8 nitrogen and oxygen atoms in total. The van der Waals surface area contributed by atoms with Crippen LogP contribution in [0.2, 0.25) is 0 Å². The summed E-state index contributed by atoms with van der Waals surface area (Å²) >= 11 is 0. The van der Waals surface area contributed by atoms with E-state index in [4.69, 9.17) is 9.47 Å². The molecule has 8 heteroatoms. The highest BCUT2D eigenvalue weighted by atomic mass is 16.5. The van der Waals surface area contributed by atoms with Crippen LogP contribution in [0.4, 0.5) is 0 Å². The van der Waals surface area contributed by atoms with Crippen molar-refractivity contribution in [2.24, 2.45) is 7.05 Å². The summed E-state index contributed by atoms with van der Waals surface area (Å²) in [7, 11) is 1.87. The van der Waals surface area contributed by atoms with Crippen molar-refractivity contribution in [1.82, 2.24) is 30.0 Å². The van der Waals surface area contributed by atoms with Crippen LogP contribution >= 0.6 is 0 Å². The highest BCUT2D eigenvalue weighted by Crippen LogP contribution is 2.64. The fraction of sp³-hybridized carbons (Fsp3) is 0.436. The second kappa shape index (κ2) is 11.4. The van der Waals surface area contributed by atoms with Gasteiger partial charge in [0, 0.05) is 12.5 Å². The average molecular weight is 631 g/mol. The molecule has 5 aromatic rings. The molecule has 0 amide bonds. The van der Waals surface area contributed by atoms with E-state index in [0.29, 0.717) is 19.8 Å². The molecule has 0 bridgehead atoms. The van der Waals surface area contributed by atoms with Gasteiger partial charge in [-0.15, -0.1) is 10.2 Å². The zero-order chi connectivity index (χ0) is 33.1. The van der Waals surface area contributed by atoms with Gasteiger partial charge in [-0.2, -0.15) is 0 Å². The Morgan fingerprint density at radius 3 is 1.81 bits per heavy atom. The number of hydrogen-bond donors (Lipinski definition) is 0. The predicted octanol–water partition coefficient (Wildman–Crippen LogP) is 7.44. The lowest BCUT2D eigenvalue weighted by atomic mass is 9.72. The fourth-order valence-electron chi connectivity index (χ4n) is 8.27. The Morgan fingerprint density at radius 2 is 1.26 bits per heavy atom. The average Bonchev–Trinajstić information content (AvgIpc) is 3.75. The SMILES string of the molecule is CCc1cccc(Cn2cc(COc3cc4c(cc3C)C(C)(C)CC43CC(C)(C)c4cc(C)c(OCc5cn(C)nn5)cc43)nn2)c1. The number of rotatable bonds is 9. The maximum Gasteiger partial charge on any atom is 0.134 e. The van der Waals surface area contributed by atoms with Gasteiger partial charge < -0.3 is 9.47 Å². The summed E-state index contributed by atoms with van der Waals surface area (Å²) in [5.41, 5.74) is 11.9. The first-order chi connectivity index (χ1) is 22.4. The van der Waals surface area contributed by atoms with E-state index >= 15 is 0 Å². The van der Waals surface area contributed by atoms with Crippen LogP contribution in [0.3, 0.4) is 0 Å². The minimum Gasteiger partial charge on any atom is -0.487 e. The van der Waals surface area contributed by atoms with Gasteiger partial charge in [-0.1, -0.05) is 81.4 Å². The molecule has 0 fully saturated rings. The van der Waals surface area contributed by atoms with Crippen molar-refractivity contribution in [2.45, 2.75) is 104 Å². The van der Waals surface area contributed by atoms with Crippen LogP contribution in [0.25, 0.3) is 0 Å². The number of aromatic nitrogens is 6. The van der Waals surface area contributed by atoms with Gasteiger partial charge in [0.2, 0.25) is 0 Å². The summed E-state index contributed by atoms with van der Waals surface area (Å²) in [6.07, 6.45) is 6.99. The van der Waals surface area contributed by atoms with Crippen LogP contribution in [-0.2, 0) is 49.5 Å². The molecule has 0 saturated heterocycles. The summed E-state index contributed by atoms with van der Waals surface area (Å²) < 4.78 is 16.5. The molecule has 0 radical (unpaired) electrons. The molecule has 0 saturated carbocycles. The fourth-order valence-corrected chi connectivity index (χ4v) is 8.27. The van der Waals surface area contributed by atoms with Crippen molar-refractivity contribution in [3.05, 3.63) is 117 Å². The zero-order valence-corrected chi connectivity index (χ0v) is 29.0. The normalized spacial score (nSPS) is 18.8.